The summed E-state index contributed by atoms with van der Waals surface area (Å²) >= 11 is 0. The van der Waals surface area contributed by atoms with Gasteiger partial charge in [0.15, 0.2) is 0 Å². The van der Waals surface area contributed by atoms with Crippen molar-refractivity contribution in [2.24, 2.45) is 5.41 Å². The lowest BCUT2D eigenvalue weighted by Gasteiger charge is -2.52. The van der Waals surface area contributed by atoms with E-state index in [4.69, 9.17) is 4.74 Å². The highest BCUT2D eigenvalue weighted by Gasteiger charge is 2.51. The number of amides is 1. The normalized spacial score (nSPS) is 35.9. The molecule has 0 unspecified atom stereocenters. The van der Waals surface area contributed by atoms with Crippen LogP contribution in [0.25, 0.3) is 0 Å². The molecule has 7 heteroatoms. The Balaban J connectivity index is 1.22. The van der Waals surface area contributed by atoms with Gasteiger partial charge < -0.3 is 14.5 Å². The van der Waals surface area contributed by atoms with E-state index < -0.39 is 12.5 Å². The van der Waals surface area contributed by atoms with E-state index >= 15 is 0 Å². The summed E-state index contributed by atoms with van der Waals surface area (Å²) in [6, 6.07) is 0.431. The highest BCUT2D eigenvalue weighted by Crippen LogP contribution is 2.50. The molecule has 0 bridgehead atoms. The second-order valence-corrected chi connectivity index (χ2v) is 8.98. The second-order valence-electron chi connectivity index (χ2n) is 8.98. The number of carbonyl (C=O) groups is 1. The summed E-state index contributed by atoms with van der Waals surface area (Å²) in [6.45, 7) is 6.83. The molecule has 4 rings (SSSR count). The van der Waals surface area contributed by atoms with Gasteiger partial charge in [0.05, 0.1) is 12.6 Å². The monoisotopic (exact) mass is 385 g/mol. The van der Waals surface area contributed by atoms with E-state index in [1.165, 1.54) is 0 Å². The third-order valence-electron chi connectivity index (χ3n) is 7.42. The van der Waals surface area contributed by atoms with Crippen LogP contribution in [-0.2, 0) is 4.74 Å². The number of hydrogen-bond acceptors (Lipinski definition) is 4. The average molecular weight is 385 g/mol. The van der Waals surface area contributed by atoms with E-state index in [9.17, 15) is 13.6 Å². The number of rotatable bonds is 4. The van der Waals surface area contributed by atoms with Gasteiger partial charge in [-0.1, -0.05) is 0 Å². The summed E-state index contributed by atoms with van der Waals surface area (Å²) in [6.07, 6.45) is 4.64. The molecule has 27 heavy (non-hydrogen) atoms. The van der Waals surface area contributed by atoms with E-state index in [1.807, 2.05) is 11.8 Å². The molecule has 0 N–H and O–H groups in total. The van der Waals surface area contributed by atoms with Gasteiger partial charge in [-0.2, -0.15) is 0 Å². The van der Waals surface area contributed by atoms with Crippen LogP contribution >= 0.6 is 0 Å². The maximum atomic E-state index is 13.2. The Morgan fingerprint density at radius 3 is 2.52 bits per heavy atom. The van der Waals surface area contributed by atoms with Crippen LogP contribution in [0, 0.1) is 5.41 Å². The minimum Gasteiger partial charge on any atom is -0.450 e. The molecule has 4 aliphatic rings. The van der Waals surface area contributed by atoms with E-state index in [-0.39, 0.29) is 6.09 Å². The SMILES string of the molecule is CCOC(=O)N1CCC2(CC(N3CCC(N4CCC[C@H]4C(F)F)CC3)C2)C1. The molecule has 3 heterocycles. The largest absolute Gasteiger partial charge is 0.450 e. The molecular formula is C20H33F2N3O2. The molecular weight excluding hydrogens is 352 g/mol. The quantitative estimate of drug-likeness (QED) is 0.745. The maximum Gasteiger partial charge on any atom is 0.409 e. The molecule has 0 aromatic carbocycles. The van der Waals surface area contributed by atoms with Crippen LogP contribution in [0.4, 0.5) is 13.6 Å². The number of hydrogen-bond donors (Lipinski definition) is 0. The summed E-state index contributed by atoms with van der Waals surface area (Å²) in [5.41, 5.74) is 0.296. The fraction of sp³-hybridized carbons (Fsp3) is 0.950. The number of carbonyl (C=O) groups excluding carboxylic acids is 1. The first kappa shape index (κ1) is 19.4. The minimum atomic E-state index is -2.21. The van der Waals surface area contributed by atoms with Gasteiger partial charge in [-0.3, -0.25) is 4.90 Å². The van der Waals surface area contributed by atoms with Crippen molar-refractivity contribution in [3.05, 3.63) is 0 Å². The van der Waals surface area contributed by atoms with Crippen LogP contribution in [0.5, 0.6) is 0 Å². The van der Waals surface area contributed by atoms with Crippen molar-refractivity contribution in [3.8, 4) is 0 Å². The first-order chi connectivity index (χ1) is 13.0. The lowest BCUT2D eigenvalue weighted by molar-refractivity contribution is -0.0296. The van der Waals surface area contributed by atoms with Gasteiger partial charge in [0.2, 0.25) is 0 Å². The fourth-order valence-corrected chi connectivity index (χ4v) is 5.96. The maximum absolute atomic E-state index is 13.2. The van der Waals surface area contributed by atoms with Gasteiger partial charge in [0.25, 0.3) is 6.43 Å². The van der Waals surface area contributed by atoms with Crippen LogP contribution in [0.1, 0.15) is 51.9 Å². The number of nitrogens with zero attached hydrogens (tertiary/aromatic N) is 3. The molecule has 1 atom stereocenters. The molecule has 1 amide bonds. The Hall–Kier alpha value is -0.950. The lowest BCUT2D eigenvalue weighted by atomic mass is 9.64. The first-order valence-corrected chi connectivity index (χ1v) is 10.7. The van der Waals surface area contributed by atoms with Crippen molar-refractivity contribution in [2.75, 3.05) is 39.3 Å². The lowest BCUT2D eigenvalue weighted by Crippen LogP contribution is -2.56. The molecule has 154 valence electrons. The predicted molar refractivity (Wildman–Crippen MR) is 99.0 cm³/mol. The van der Waals surface area contributed by atoms with Crippen LogP contribution in [0.15, 0.2) is 0 Å². The highest BCUT2D eigenvalue weighted by atomic mass is 19.3. The summed E-state index contributed by atoms with van der Waals surface area (Å²) in [4.78, 5) is 18.5. The van der Waals surface area contributed by atoms with Crippen molar-refractivity contribution < 1.29 is 18.3 Å². The summed E-state index contributed by atoms with van der Waals surface area (Å²) in [5, 5.41) is 0. The highest BCUT2D eigenvalue weighted by molar-refractivity contribution is 5.68. The predicted octanol–water partition coefficient (Wildman–Crippen LogP) is 3.19. The molecule has 1 aliphatic carbocycles. The van der Waals surface area contributed by atoms with Gasteiger partial charge in [0.1, 0.15) is 0 Å². The number of alkyl halides is 2. The summed E-state index contributed by atoms with van der Waals surface area (Å²) < 4.78 is 31.6. The van der Waals surface area contributed by atoms with Gasteiger partial charge in [-0.15, -0.1) is 0 Å². The molecule has 3 saturated heterocycles. The number of likely N-dealkylation sites (tertiary alicyclic amines) is 3. The van der Waals surface area contributed by atoms with Gasteiger partial charge in [0, 0.05) is 25.2 Å². The van der Waals surface area contributed by atoms with Crippen LogP contribution in [-0.4, -0.2) is 84.7 Å². The Kier molecular flexibility index (Phi) is 5.61. The molecule has 0 aromatic rings. The molecule has 4 fully saturated rings. The van der Waals surface area contributed by atoms with Gasteiger partial charge in [-0.05, 0) is 76.9 Å². The zero-order valence-corrected chi connectivity index (χ0v) is 16.4. The average Bonchev–Trinajstić information content (AvgIpc) is 3.28. The van der Waals surface area contributed by atoms with Crippen molar-refractivity contribution >= 4 is 6.09 Å². The topological polar surface area (TPSA) is 36.0 Å². The standard InChI is InChI=1S/C20H33F2N3O2/c1-2-27-19(26)24-11-7-20(14-24)12-16(13-20)23-9-5-15(6-10-23)25-8-3-4-17(25)18(21)22/h15-18H,2-14H2,1H3/t16?,17-,20?/m0/s1. The summed E-state index contributed by atoms with van der Waals surface area (Å²) in [5.74, 6) is 0. The summed E-state index contributed by atoms with van der Waals surface area (Å²) in [7, 11) is 0. The van der Waals surface area contributed by atoms with Crippen LogP contribution in [0.2, 0.25) is 0 Å². The van der Waals surface area contributed by atoms with E-state index in [2.05, 4.69) is 9.80 Å². The molecule has 3 aliphatic heterocycles. The third kappa shape index (κ3) is 3.82. The van der Waals surface area contributed by atoms with Crippen LogP contribution < -0.4 is 0 Å². The second kappa shape index (κ2) is 7.82. The van der Waals surface area contributed by atoms with Gasteiger partial charge in [-0.25, -0.2) is 13.6 Å². The van der Waals surface area contributed by atoms with Crippen molar-refractivity contribution in [2.45, 2.75) is 76.4 Å². The van der Waals surface area contributed by atoms with Crippen molar-refractivity contribution in [1.29, 1.82) is 0 Å². The third-order valence-corrected chi connectivity index (χ3v) is 7.42. The molecule has 0 radical (unpaired) electrons. The first-order valence-electron chi connectivity index (χ1n) is 10.7. The smallest absolute Gasteiger partial charge is 0.409 e. The number of halogens is 2. The molecule has 1 spiro atoms. The Morgan fingerprint density at radius 2 is 1.85 bits per heavy atom. The fourth-order valence-electron chi connectivity index (χ4n) is 5.96. The Bertz CT molecular complexity index is 533. The molecule has 5 nitrogen and oxygen atoms in total. The Morgan fingerprint density at radius 1 is 1.11 bits per heavy atom. The van der Waals surface area contributed by atoms with Crippen LogP contribution in [0.3, 0.4) is 0 Å². The zero-order valence-electron chi connectivity index (χ0n) is 16.4. The van der Waals surface area contributed by atoms with E-state index in [0.717, 1.165) is 71.2 Å². The molecule has 1 saturated carbocycles. The molecule has 0 aromatic heterocycles. The number of ether oxygens (including phenoxy) is 1. The van der Waals surface area contributed by atoms with Crippen molar-refractivity contribution in [1.82, 2.24) is 14.7 Å². The van der Waals surface area contributed by atoms with E-state index in [1.54, 1.807) is 0 Å². The van der Waals surface area contributed by atoms with Gasteiger partial charge >= 0.3 is 6.09 Å². The van der Waals surface area contributed by atoms with E-state index in [0.29, 0.717) is 30.5 Å². The number of piperidine rings is 1. The minimum absolute atomic E-state index is 0.169. The van der Waals surface area contributed by atoms with Crippen molar-refractivity contribution in [3.63, 3.8) is 0 Å². The Labute approximate surface area is 161 Å². The zero-order chi connectivity index (χ0) is 19.0.